The zero-order valence-corrected chi connectivity index (χ0v) is 15.6. The van der Waals surface area contributed by atoms with Crippen LogP contribution in [0.25, 0.3) is 0 Å². The molecule has 0 aromatic heterocycles. The van der Waals surface area contributed by atoms with E-state index in [-0.39, 0.29) is 49.1 Å². The molecule has 0 bridgehead atoms. The third-order valence-electron chi connectivity index (χ3n) is 3.85. The fourth-order valence-corrected chi connectivity index (χ4v) is 2.91. The molecule has 9 heteroatoms. The van der Waals surface area contributed by atoms with Crippen LogP contribution in [0.3, 0.4) is 0 Å². The highest BCUT2D eigenvalue weighted by molar-refractivity contribution is 9.10. The Labute approximate surface area is 158 Å². The van der Waals surface area contributed by atoms with Gasteiger partial charge in [-0.1, -0.05) is 0 Å². The minimum atomic E-state index is -0.522. The van der Waals surface area contributed by atoms with Crippen molar-refractivity contribution >= 4 is 39.6 Å². The zero-order valence-electron chi connectivity index (χ0n) is 14.0. The van der Waals surface area contributed by atoms with E-state index in [1.165, 1.54) is 17.0 Å². The van der Waals surface area contributed by atoms with Gasteiger partial charge in [0.1, 0.15) is 5.82 Å². The number of imide groups is 1. The van der Waals surface area contributed by atoms with Gasteiger partial charge in [0.15, 0.2) is 0 Å². The van der Waals surface area contributed by atoms with E-state index in [0.29, 0.717) is 24.0 Å². The van der Waals surface area contributed by atoms with E-state index in [1.54, 1.807) is 0 Å². The van der Waals surface area contributed by atoms with Crippen LogP contribution in [0.4, 0.5) is 4.39 Å². The number of likely N-dealkylation sites (tertiary alicyclic amines) is 1. The summed E-state index contributed by atoms with van der Waals surface area (Å²) < 4.78 is 13.6. The predicted molar refractivity (Wildman–Crippen MR) is 94.6 cm³/mol. The standard InChI is InChI=1S/C17H19BrFN3O4/c18-13-3-2-11(19)10-12(13)17(26)21-8-6-14(23)20-7-1-9-22-15(24)4-5-16(22)25/h2-3,10H,1,4-9H2,(H,20,23)(H,21,26). The minimum Gasteiger partial charge on any atom is -0.356 e. The highest BCUT2D eigenvalue weighted by Gasteiger charge is 2.27. The topological polar surface area (TPSA) is 95.6 Å². The van der Waals surface area contributed by atoms with Gasteiger partial charge in [-0.2, -0.15) is 0 Å². The lowest BCUT2D eigenvalue weighted by atomic mass is 10.2. The van der Waals surface area contributed by atoms with E-state index in [9.17, 15) is 23.6 Å². The van der Waals surface area contributed by atoms with Crippen molar-refractivity contribution in [1.82, 2.24) is 15.5 Å². The Bertz CT molecular complexity index is 710. The van der Waals surface area contributed by atoms with Crippen molar-refractivity contribution in [2.45, 2.75) is 25.7 Å². The molecule has 1 aliphatic heterocycles. The van der Waals surface area contributed by atoms with E-state index in [1.807, 2.05) is 0 Å². The second kappa shape index (κ2) is 9.42. The Morgan fingerprint density at radius 1 is 1.12 bits per heavy atom. The van der Waals surface area contributed by atoms with Gasteiger partial charge in [-0.05, 0) is 40.5 Å². The smallest absolute Gasteiger partial charge is 0.252 e. The van der Waals surface area contributed by atoms with Gasteiger partial charge < -0.3 is 10.6 Å². The van der Waals surface area contributed by atoms with Crippen LogP contribution >= 0.6 is 15.9 Å². The Morgan fingerprint density at radius 3 is 2.50 bits per heavy atom. The molecule has 0 spiro atoms. The molecule has 1 fully saturated rings. The van der Waals surface area contributed by atoms with Crippen LogP contribution in [0.1, 0.15) is 36.0 Å². The highest BCUT2D eigenvalue weighted by Crippen LogP contribution is 2.17. The van der Waals surface area contributed by atoms with Gasteiger partial charge in [0.2, 0.25) is 17.7 Å². The number of halogens is 2. The first-order valence-electron chi connectivity index (χ1n) is 8.21. The molecule has 0 atom stereocenters. The van der Waals surface area contributed by atoms with Crippen LogP contribution in [0.5, 0.6) is 0 Å². The Kier molecular flexibility index (Phi) is 7.26. The number of hydrogen-bond acceptors (Lipinski definition) is 4. The van der Waals surface area contributed by atoms with Crippen molar-refractivity contribution in [1.29, 1.82) is 0 Å². The Balaban J connectivity index is 1.63. The van der Waals surface area contributed by atoms with Crippen LogP contribution < -0.4 is 10.6 Å². The predicted octanol–water partition coefficient (Wildman–Crippen LogP) is 1.36. The molecule has 140 valence electrons. The Hall–Kier alpha value is -2.29. The molecule has 1 heterocycles. The van der Waals surface area contributed by atoms with Gasteiger partial charge in [-0.15, -0.1) is 0 Å². The third-order valence-corrected chi connectivity index (χ3v) is 4.54. The SMILES string of the molecule is O=C(CCNC(=O)c1cc(F)ccc1Br)NCCCN1C(=O)CCC1=O. The zero-order chi connectivity index (χ0) is 19.1. The Morgan fingerprint density at radius 2 is 1.81 bits per heavy atom. The summed E-state index contributed by atoms with van der Waals surface area (Å²) >= 11 is 3.17. The highest BCUT2D eigenvalue weighted by atomic mass is 79.9. The number of carbonyl (C=O) groups excluding carboxylic acids is 4. The van der Waals surface area contributed by atoms with Crippen molar-refractivity contribution in [3.8, 4) is 0 Å². The first-order valence-corrected chi connectivity index (χ1v) is 9.01. The number of nitrogens with one attached hydrogen (secondary N) is 2. The molecular formula is C17H19BrFN3O4. The maximum Gasteiger partial charge on any atom is 0.252 e. The summed E-state index contributed by atoms with van der Waals surface area (Å²) in [5.74, 6) is -1.61. The maximum absolute atomic E-state index is 13.2. The summed E-state index contributed by atoms with van der Waals surface area (Å²) in [5, 5.41) is 5.21. The van der Waals surface area contributed by atoms with E-state index in [4.69, 9.17) is 0 Å². The van der Waals surface area contributed by atoms with Crippen LogP contribution in [0, 0.1) is 5.82 Å². The summed E-state index contributed by atoms with van der Waals surface area (Å²) in [5.41, 5.74) is 0.158. The number of carbonyl (C=O) groups is 4. The summed E-state index contributed by atoms with van der Waals surface area (Å²) in [7, 11) is 0. The van der Waals surface area contributed by atoms with Crippen LogP contribution in [0.2, 0.25) is 0 Å². The lowest BCUT2D eigenvalue weighted by molar-refractivity contribution is -0.138. The second-order valence-electron chi connectivity index (χ2n) is 5.77. The van der Waals surface area contributed by atoms with E-state index < -0.39 is 11.7 Å². The van der Waals surface area contributed by atoms with Crippen molar-refractivity contribution in [2.24, 2.45) is 0 Å². The van der Waals surface area contributed by atoms with Crippen LogP contribution in [-0.4, -0.2) is 48.2 Å². The molecule has 26 heavy (non-hydrogen) atoms. The van der Waals surface area contributed by atoms with E-state index in [0.717, 1.165) is 6.07 Å². The molecule has 7 nitrogen and oxygen atoms in total. The van der Waals surface area contributed by atoms with Gasteiger partial charge >= 0.3 is 0 Å². The first-order chi connectivity index (χ1) is 12.4. The fourth-order valence-electron chi connectivity index (χ4n) is 2.48. The van der Waals surface area contributed by atoms with Gasteiger partial charge in [-0.3, -0.25) is 24.1 Å². The number of hydrogen-bond donors (Lipinski definition) is 2. The van der Waals surface area contributed by atoms with Gasteiger partial charge in [0.25, 0.3) is 5.91 Å². The van der Waals surface area contributed by atoms with Crippen molar-refractivity contribution < 1.29 is 23.6 Å². The van der Waals surface area contributed by atoms with E-state index in [2.05, 4.69) is 26.6 Å². The molecule has 0 saturated carbocycles. The molecule has 0 radical (unpaired) electrons. The number of rotatable bonds is 8. The number of nitrogens with zero attached hydrogens (tertiary/aromatic N) is 1. The summed E-state index contributed by atoms with van der Waals surface area (Å²) in [4.78, 5) is 47.8. The lowest BCUT2D eigenvalue weighted by Gasteiger charge is -2.13. The van der Waals surface area contributed by atoms with Crippen molar-refractivity contribution in [3.63, 3.8) is 0 Å². The van der Waals surface area contributed by atoms with Gasteiger partial charge in [0, 0.05) is 43.4 Å². The normalized spacial score (nSPS) is 13.8. The van der Waals surface area contributed by atoms with Gasteiger partial charge in [0.05, 0.1) is 5.56 Å². The molecule has 2 rings (SSSR count). The fraction of sp³-hybridized carbons (Fsp3) is 0.412. The summed E-state index contributed by atoms with van der Waals surface area (Å²) in [6.45, 7) is 0.734. The molecule has 1 aromatic carbocycles. The molecule has 1 saturated heterocycles. The van der Waals surface area contributed by atoms with Crippen molar-refractivity contribution in [3.05, 3.63) is 34.1 Å². The molecule has 1 aliphatic rings. The number of benzene rings is 1. The summed E-state index contributed by atoms with van der Waals surface area (Å²) in [6.07, 6.45) is 1.06. The molecule has 4 amide bonds. The largest absolute Gasteiger partial charge is 0.356 e. The van der Waals surface area contributed by atoms with Gasteiger partial charge in [-0.25, -0.2) is 4.39 Å². The average molecular weight is 428 g/mol. The monoisotopic (exact) mass is 427 g/mol. The maximum atomic E-state index is 13.2. The van der Waals surface area contributed by atoms with Crippen LogP contribution in [-0.2, 0) is 14.4 Å². The molecule has 0 unspecified atom stereocenters. The van der Waals surface area contributed by atoms with E-state index >= 15 is 0 Å². The molecule has 2 N–H and O–H groups in total. The molecule has 0 aliphatic carbocycles. The molecule has 1 aromatic rings. The van der Waals surface area contributed by atoms with Crippen molar-refractivity contribution in [2.75, 3.05) is 19.6 Å². The molecular weight excluding hydrogens is 409 g/mol. The summed E-state index contributed by atoms with van der Waals surface area (Å²) in [6, 6.07) is 3.78. The lowest BCUT2D eigenvalue weighted by Crippen LogP contribution is -2.34. The second-order valence-corrected chi connectivity index (χ2v) is 6.63. The van der Waals surface area contributed by atoms with Crippen LogP contribution in [0.15, 0.2) is 22.7 Å². The first kappa shape index (κ1) is 20.0. The third kappa shape index (κ3) is 5.62. The quantitative estimate of drug-likeness (QED) is 0.483. The average Bonchev–Trinajstić information content (AvgIpc) is 2.92. The number of amides is 4. The minimum absolute atomic E-state index is 0.0697.